The highest BCUT2D eigenvalue weighted by molar-refractivity contribution is 6.29. The number of hydrogen-bond donors (Lipinski definition) is 1. The van der Waals surface area contributed by atoms with E-state index in [1.54, 1.807) is 25.1 Å². The summed E-state index contributed by atoms with van der Waals surface area (Å²) in [5.41, 5.74) is 1.27. The molecule has 0 spiro atoms. The third kappa shape index (κ3) is 2.62. The number of carbonyl (C=O) groups is 1. The zero-order valence-electron chi connectivity index (χ0n) is 9.11. The first-order valence-corrected chi connectivity index (χ1v) is 5.49. The lowest BCUT2D eigenvalue weighted by molar-refractivity contribution is -0.113. The number of anilines is 1. The number of aryl methyl sites for hydroxylation is 1. The summed E-state index contributed by atoms with van der Waals surface area (Å²) in [6.07, 6.45) is 0. The van der Waals surface area contributed by atoms with Crippen LogP contribution in [0.5, 0.6) is 0 Å². The third-order valence-electron chi connectivity index (χ3n) is 2.08. The second kappa shape index (κ2) is 4.97. The summed E-state index contributed by atoms with van der Waals surface area (Å²) in [4.78, 5) is 11.3. The molecule has 17 heavy (non-hydrogen) atoms. The molecule has 0 bridgehead atoms. The number of alkyl halides is 1. The van der Waals surface area contributed by atoms with Crippen molar-refractivity contribution in [3.05, 3.63) is 30.2 Å². The van der Waals surface area contributed by atoms with Crippen LogP contribution in [0.2, 0.25) is 0 Å². The molecule has 0 aliphatic carbocycles. The van der Waals surface area contributed by atoms with Crippen molar-refractivity contribution in [1.29, 1.82) is 0 Å². The molecular formula is C11H10ClN3O2. The number of carbonyl (C=O) groups excluding carboxylic acids is 1. The Kier molecular flexibility index (Phi) is 3.39. The summed E-state index contributed by atoms with van der Waals surface area (Å²) < 4.78 is 5.32. The Balaban J connectivity index is 2.37. The van der Waals surface area contributed by atoms with E-state index in [2.05, 4.69) is 15.5 Å². The van der Waals surface area contributed by atoms with Gasteiger partial charge in [0.25, 0.3) is 0 Å². The molecule has 0 saturated heterocycles. The number of halogens is 1. The molecule has 2 aromatic rings. The summed E-state index contributed by atoms with van der Waals surface area (Å²) in [7, 11) is 0. The molecule has 5 nitrogen and oxygen atoms in total. The van der Waals surface area contributed by atoms with E-state index >= 15 is 0 Å². The van der Waals surface area contributed by atoms with E-state index < -0.39 is 0 Å². The first-order valence-electron chi connectivity index (χ1n) is 4.96. The minimum atomic E-state index is -0.282. The molecule has 0 aliphatic rings. The Morgan fingerprint density at radius 2 is 2.18 bits per heavy atom. The Bertz CT molecular complexity index is 539. The monoisotopic (exact) mass is 251 g/mol. The van der Waals surface area contributed by atoms with Crippen LogP contribution >= 0.6 is 11.6 Å². The first-order chi connectivity index (χ1) is 8.20. The van der Waals surface area contributed by atoms with Crippen LogP contribution in [0.4, 0.5) is 5.69 Å². The fraction of sp³-hybridized carbons (Fsp3) is 0.182. The standard InChI is InChI=1S/C11H10ClN3O2/c1-7-14-15-11(17-7)8-4-2-3-5-9(8)13-10(16)6-12/h2-5H,6H2,1H3,(H,13,16). The van der Waals surface area contributed by atoms with E-state index in [1.165, 1.54) is 0 Å². The normalized spacial score (nSPS) is 10.2. The molecule has 0 unspecified atom stereocenters. The number of hydrogen-bond acceptors (Lipinski definition) is 4. The van der Waals surface area contributed by atoms with Crippen LogP contribution in [0.3, 0.4) is 0 Å². The maximum Gasteiger partial charge on any atom is 0.249 e. The highest BCUT2D eigenvalue weighted by Crippen LogP contribution is 2.26. The summed E-state index contributed by atoms with van der Waals surface area (Å²) in [5.74, 6) is 0.457. The van der Waals surface area contributed by atoms with Gasteiger partial charge in [0.15, 0.2) is 0 Å². The molecule has 1 aromatic heterocycles. The van der Waals surface area contributed by atoms with Gasteiger partial charge in [-0.05, 0) is 12.1 Å². The van der Waals surface area contributed by atoms with Crippen molar-refractivity contribution in [2.45, 2.75) is 6.92 Å². The van der Waals surface area contributed by atoms with Gasteiger partial charge >= 0.3 is 0 Å². The van der Waals surface area contributed by atoms with Crippen molar-refractivity contribution in [3.8, 4) is 11.5 Å². The maximum atomic E-state index is 11.3. The van der Waals surface area contributed by atoms with Crippen LogP contribution in [-0.2, 0) is 4.79 Å². The average molecular weight is 252 g/mol. The molecule has 0 fully saturated rings. The van der Waals surface area contributed by atoms with Crippen LogP contribution in [0.25, 0.3) is 11.5 Å². The predicted octanol–water partition coefficient (Wildman–Crippen LogP) is 2.22. The van der Waals surface area contributed by atoms with Crippen molar-refractivity contribution < 1.29 is 9.21 Å². The molecule has 1 heterocycles. The summed E-state index contributed by atoms with van der Waals surface area (Å²) in [5, 5.41) is 10.3. The third-order valence-corrected chi connectivity index (χ3v) is 2.32. The van der Waals surface area contributed by atoms with Gasteiger partial charge in [-0.15, -0.1) is 21.8 Å². The number of amides is 1. The van der Waals surface area contributed by atoms with Crippen molar-refractivity contribution in [2.24, 2.45) is 0 Å². The van der Waals surface area contributed by atoms with Crippen molar-refractivity contribution in [2.75, 3.05) is 11.2 Å². The molecule has 88 valence electrons. The quantitative estimate of drug-likeness (QED) is 0.850. The van der Waals surface area contributed by atoms with E-state index in [4.69, 9.17) is 16.0 Å². The zero-order chi connectivity index (χ0) is 12.3. The average Bonchev–Trinajstić information content (AvgIpc) is 2.76. The van der Waals surface area contributed by atoms with Gasteiger partial charge in [-0.3, -0.25) is 4.79 Å². The van der Waals surface area contributed by atoms with Crippen molar-refractivity contribution >= 4 is 23.2 Å². The van der Waals surface area contributed by atoms with Gasteiger partial charge < -0.3 is 9.73 Å². The molecule has 1 N–H and O–H groups in total. The molecule has 0 aliphatic heterocycles. The fourth-order valence-corrected chi connectivity index (χ4v) is 1.43. The molecule has 6 heteroatoms. The van der Waals surface area contributed by atoms with Gasteiger partial charge in [0.2, 0.25) is 17.7 Å². The molecule has 0 atom stereocenters. The van der Waals surface area contributed by atoms with Gasteiger partial charge in [0.05, 0.1) is 11.3 Å². The Hall–Kier alpha value is -1.88. The predicted molar refractivity (Wildman–Crippen MR) is 63.8 cm³/mol. The number of para-hydroxylation sites is 1. The molecule has 1 amide bonds. The maximum absolute atomic E-state index is 11.3. The summed E-state index contributed by atoms with van der Waals surface area (Å²) in [6, 6.07) is 7.16. The van der Waals surface area contributed by atoms with Crippen molar-refractivity contribution in [1.82, 2.24) is 10.2 Å². The van der Waals surface area contributed by atoms with Gasteiger partial charge in [-0.25, -0.2) is 0 Å². The Labute approximate surface area is 103 Å². The van der Waals surface area contributed by atoms with E-state index in [0.29, 0.717) is 23.0 Å². The smallest absolute Gasteiger partial charge is 0.249 e. The zero-order valence-corrected chi connectivity index (χ0v) is 9.86. The summed E-state index contributed by atoms with van der Waals surface area (Å²) >= 11 is 5.44. The highest BCUT2D eigenvalue weighted by Gasteiger charge is 2.12. The largest absolute Gasteiger partial charge is 0.421 e. The van der Waals surface area contributed by atoms with Crippen LogP contribution in [-0.4, -0.2) is 22.0 Å². The molecule has 2 rings (SSSR count). The van der Waals surface area contributed by atoms with Crippen LogP contribution < -0.4 is 5.32 Å². The number of aromatic nitrogens is 2. The van der Waals surface area contributed by atoms with Gasteiger partial charge in [-0.2, -0.15) is 0 Å². The lowest BCUT2D eigenvalue weighted by Gasteiger charge is -2.06. The molecular weight excluding hydrogens is 242 g/mol. The van der Waals surface area contributed by atoms with Crippen LogP contribution in [0, 0.1) is 6.92 Å². The van der Waals surface area contributed by atoms with E-state index in [1.807, 2.05) is 6.07 Å². The number of rotatable bonds is 3. The first kappa shape index (κ1) is 11.6. The second-order valence-corrected chi connectivity index (χ2v) is 3.62. The number of nitrogens with one attached hydrogen (secondary N) is 1. The summed E-state index contributed by atoms with van der Waals surface area (Å²) in [6.45, 7) is 1.70. The minimum absolute atomic E-state index is 0.100. The van der Waals surface area contributed by atoms with Gasteiger partial charge in [0.1, 0.15) is 5.88 Å². The lowest BCUT2D eigenvalue weighted by Crippen LogP contribution is -2.13. The van der Waals surface area contributed by atoms with Crippen LogP contribution in [0.15, 0.2) is 28.7 Å². The fourth-order valence-electron chi connectivity index (χ4n) is 1.37. The van der Waals surface area contributed by atoms with E-state index in [-0.39, 0.29) is 11.8 Å². The van der Waals surface area contributed by atoms with Crippen molar-refractivity contribution in [3.63, 3.8) is 0 Å². The number of nitrogens with zero attached hydrogens (tertiary/aromatic N) is 2. The topological polar surface area (TPSA) is 68.0 Å². The van der Waals surface area contributed by atoms with Crippen LogP contribution in [0.1, 0.15) is 5.89 Å². The van der Waals surface area contributed by atoms with E-state index in [9.17, 15) is 4.79 Å². The van der Waals surface area contributed by atoms with Gasteiger partial charge in [-0.1, -0.05) is 12.1 Å². The highest BCUT2D eigenvalue weighted by atomic mass is 35.5. The molecule has 1 aromatic carbocycles. The Morgan fingerprint density at radius 3 is 2.82 bits per heavy atom. The molecule has 0 saturated carbocycles. The van der Waals surface area contributed by atoms with Gasteiger partial charge in [0, 0.05) is 6.92 Å². The Morgan fingerprint density at radius 1 is 1.41 bits per heavy atom. The lowest BCUT2D eigenvalue weighted by atomic mass is 10.2. The second-order valence-electron chi connectivity index (χ2n) is 3.35. The number of benzene rings is 1. The van der Waals surface area contributed by atoms with E-state index in [0.717, 1.165) is 0 Å². The SMILES string of the molecule is Cc1nnc(-c2ccccc2NC(=O)CCl)o1. The minimum Gasteiger partial charge on any atom is -0.421 e. The molecule has 0 radical (unpaired) electrons.